The van der Waals surface area contributed by atoms with Crippen LogP contribution in [0.1, 0.15) is 24.1 Å². The maximum atomic E-state index is 13.4. The lowest BCUT2D eigenvalue weighted by atomic mass is 9.95. The zero-order valence-corrected chi connectivity index (χ0v) is 16.2. The molecule has 29 heavy (non-hydrogen) atoms. The van der Waals surface area contributed by atoms with Crippen LogP contribution in [0, 0.1) is 5.82 Å². The SMILES string of the molecule is CCOc1ccc(C(O)=C2C(=O)C(=O)N(CCOC)[C@@H]2c2ccc(F)cc2)cc1. The van der Waals surface area contributed by atoms with Crippen LogP contribution in [-0.4, -0.2) is 48.6 Å². The highest BCUT2D eigenvalue weighted by Crippen LogP contribution is 2.39. The van der Waals surface area contributed by atoms with E-state index in [0.29, 0.717) is 23.5 Å². The van der Waals surface area contributed by atoms with Crippen molar-refractivity contribution >= 4 is 17.4 Å². The Morgan fingerprint density at radius 3 is 2.34 bits per heavy atom. The molecule has 1 aliphatic heterocycles. The molecule has 0 spiro atoms. The van der Waals surface area contributed by atoms with Crippen LogP contribution in [0.4, 0.5) is 4.39 Å². The molecule has 1 N–H and O–H groups in total. The van der Waals surface area contributed by atoms with Crippen molar-refractivity contribution in [2.24, 2.45) is 0 Å². The third-order valence-corrected chi connectivity index (χ3v) is 4.70. The number of aliphatic hydroxyl groups is 1. The van der Waals surface area contributed by atoms with E-state index in [-0.39, 0.29) is 24.5 Å². The number of amides is 1. The molecule has 1 saturated heterocycles. The van der Waals surface area contributed by atoms with Gasteiger partial charge in [-0.3, -0.25) is 9.59 Å². The Morgan fingerprint density at radius 2 is 1.76 bits per heavy atom. The Kier molecular flexibility index (Phi) is 6.29. The molecule has 152 valence electrons. The number of hydrogen-bond acceptors (Lipinski definition) is 5. The summed E-state index contributed by atoms with van der Waals surface area (Å²) in [7, 11) is 1.49. The largest absolute Gasteiger partial charge is 0.507 e. The van der Waals surface area contributed by atoms with Crippen LogP contribution >= 0.6 is 0 Å². The fourth-order valence-electron chi connectivity index (χ4n) is 3.32. The molecule has 1 amide bonds. The zero-order chi connectivity index (χ0) is 21.0. The Bertz CT molecular complexity index is 921. The molecule has 0 bridgehead atoms. The van der Waals surface area contributed by atoms with E-state index in [2.05, 4.69) is 0 Å². The van der Waals surface area contributed by atoms with Gasteiger partial charge in [0.15, 0.2) is 0 Å². The van der Waals surface area contributed by atoms with Gasteiger partial charge in [-0.2, -0.15) is 0 Å². The molecule has 0 aliphatic carbocycles. The van der Waals surface area contributed by atoms with Crippen molar-refractivity contribution in [3.05, 3.63) is 71.0 Å². The summed E-state index contributed by atoms with van der Waals surface area (Å²) >= 11 is 0. The molecule has 0 aromatic heterocycles. The molecule has 0 radical (unpaired) electrons. The number of hydrogen-bond donors (Lipinski definition) is 1. The molecule has 1 fully saturated rings. The number of halogens is 1. The number of aliphatic hydroxyl groups excluding tert-OH is 1. The molecule has 2 aromatic carbocycles. The van der Waals surface area contributed by atoms with E-state index in [1.165, 1.54) is 36.3 Å². The average molecular weight is 399 g/mol. The molecule has 7 heteroatoms. The number of nitrogens with zero attached hydrogens (tertiary/aromatic N) is 1. The van der Waals surface area contributed by atoms with Crippen LogP contribution < -0.4 is 4.74 Å². The van der Waals surface area contributed by atoms with E-state index in [0.717, 1.165) is 0 Å². The number of rotatable bonds is 7. The second kappa shape index (κ2) is 8.87. The third-order valence-electron chi connectivity index (χ3n) is 4.70. The van der Waals surface area contributed by atoms with Gasteiger partial charge in [0.25, 0.3) is 11.7 Å². The van der Waals surface area contributed by atoms with Crippen LogP contribution in [0.2, 0.25) is 0 Å². The van der Waals surface area contributed by atoms with Crippen molar-refractivity contribution < 1.29 is 28.6 Å². The molecular formula is C22H22FNO5. The number of carbonyl (C=O) groups excluding carboxylic acids is 2. The Hall–Kier alpha value is -3.19. The number of methoxy groups -OCH3 is 1. The lowest BCUT2D eigenvalue weighted by Gasteiger charge is -2.25. The summed E-state index contributed by atoms with van der Waals surface area (Å²) < 4.78 is 23.8. The van der Waals surface area contributed by atoms with E-state index in [1.807, 2.05) is 6.92 Å². The van der Waals surface area contributed by atoms with Crippen LogP contribution in [0.5, 0.6) is 5.75 Å². The first kappa shape index (κ1) is 20.5. The Balaban J connectivity index is 2.09. The van der Waals surface area contributed by atoms with Gasteiger partial charge in [-0.25, -0.2) is 4.39 Å². The molecule has 2 aromatic rings. The summed E-state index contributed by atoms with van der Waals surface area (Å²) in [5.74, 6) is -1.62. The molecule has 1 heterocycles. The van der Waals surface area contributed by atoms with Gasteiger partial charge in [-0.1, -0.05) is 12.1 Å². The van der Waals surface area contributed by atoms with Crippen molar-refractivity contribution in [1.82, 2.24) is 4.90 Å². The average Bonchev–Trinajstić information content (AvgIpc) is 2.98. The molecule has 1 aliphatic rings. The summed E-state index contributed by atoms with van der Waals surface area (Å²) in [6, 6.07) is 11.2. The lowest BCUT2D eigenvalue weighted by molar-refractivity contribution is -0.140. The van der Waals surface area contributed by atoms with Crippen molar-refractivity contribution in [2.75, 3.05) is 26.9 Å². The molecular weight excluding hydrogens is 377 g/mol. The monoisotopic (exact) mass is 399 g/mol. The topological polar surface area (TPSA) is 76.1 Å². The van der Waals surface area contributed by atoms with E-state index in [1.54, 1.807) is 24.3 Å². The van der Waals surface area contributed by atoms with Gasteiger partial charge in [0, 0.05) is 19.2 Å². The maximum Gasteiger partial charge on any atom is 0.295 e. The number of likely N-dealkylation sites (tertiary alicyclic amines) is 1. The third kappa shape index (κ3) is 4.14. The highest BCUT2D eigenvalue weighted by molar-refractivity contribution is 6.46. The predicted molar refractivity (Wildman–Crippen MR) is 105 cm³/mol. The van der Waals surface area contributed by atoms with Crippen LogP contribution in [0.25, 0.3) is 5.76 Å². The smallest absolute Gasteiger partial charge is 0.295 e. The Labute approximate surface area is 168 Å². The number of ether oxygens (including phenoxy) is 2. The number of Topliss-reactive ketones (excluding diaryl/α,β-unsaturated/α-hetero) is 1. The van der Waals surface area contributed by atoms with Crippen LogP contribution in [-0.2, 0) is 14.3 Å². The minimum Gasteiger partial charge on any atom is -0.507 e. The number of benzene rings is 2. The van der Waals surface area contributed by atoms with Crippen molar-refractivity contribution in [1.29, 1.82) is 0 Å². The van der Waals surface area contributed by atoms with Crippen LogP contribution in [0.15, 0.2) is 54.1 Å². The van der Waals surface area contributed by atoms with Crippen molar-refractivity contribution in [2.45, 2.75) is 13.0 Å². The van der Waals surface area contributed by atoms with Crippen LogP contribution in [0.3, 0.4) is 0 Å². The van der Waals surface area contributed by atoms with Gasteiger partial charge >= 0.3 is 0 Å². The quantitative estimate of drug-likeness (QED) is 0.439. The first-order valence-corrected chi connectivity index (χ1v) is 9.24. The minimum absolute atomic E-state index is 0.0399. The lowest BCUT2D eigenvalue weighted by Crippen LogP contribution is -2.32. The minimum atomic E-state index is -0.836. The zero-order valence-electron chi connectivity index (χ0n) is 16.2. The predicted octanol–water partition coefficient (Wildman–Crippen LogP) is 3.29. The van der Waals surface area contributed by atoms with E-state index in [4.69, 9.17) is 9.47 Å². The maximum absolute atomic E-state index is 13.4. The second-order valence-electron chi connectivity index (χ2n) is 6.49. The van der Waals surface area contributed by atoms with Gasteiger partial charge in [0.2, 0.25) is 0 Å². The van der Waals surface area contributed by atoms with Crippen molar-refractivity contribution in [3.63, 3.8) is 0 Å². The first-order valence-electron chi connectivity index (χ1n) is 9.24. The molecule has 0 saturated carbocycles. The van der Waals surface area contributed by atoms with Gasteiger partial charge in [-0.15, -0.1) is 0 Å². The normalized spacial score (nSPS) is 18.3. The molecule has 6 nitrogen and oxygen atoms in total. The second-order valence-corrected chi connectivity index (χ2v) is 6.49. The van der Waals surface area contributed by atoms with E-state index in [9.17, 15) is 19.1 Å². The van der Waals surface area contributed by atoms with Gasteiger partial charge in [0.05, 0.1) is 24.8 Å². The summed E-state index contributed by atoms with van der Waals surface area (Å²) in [6.07, 6.45) is 0. The van der Waals surface area contributed by atoms with Gasteiger partial charge in [0.1, 0.15) is 17.3 Å². The van der Waals surface area contributed by atoms with Gasteiger partial charge in [-0.05, 0) is 48.9 Å². The number of carbonyl (C=O) groups is 2. The summed E-state index contributed by atoms with van der Waals surface area (Å²) in [4.78, 5) is 26.7. The van der Waals surface area contributed by atoms with E-state index < -0.39 is 23.5 Å². The number of ketones is 1. The molecule has 0 unspecified atom stereocenters. The summed E-state index contributed by atoms with van der Waals surface area (Å²) in [5.41, 5.74) is 0.862. The Morgan fingerprint density at radius 1 is 1.10 bits per heavy atom. The summed E-state index contributed by atoms with van der Waals surface area (Å²) in [6.45, 7) is 2.73. The fourth-order valence-corrected chi connectivity index (χ4v) is 3.32. The van der Waals surface area contributed by atoms with Crippen molar-refractivity contribution in [3.8, 4) is 5.75 Å². The highest BCUT2D eigenvalue weighted by atomic mass is 19.1. The van der Waals surface area contributed by atoms with Gasteiger partial charge < -0.3 is 19.5 Å². The molecule has 1 atom stereocenters. The summed E-state index contributed by atoms with van der Waals surface area (Å²) in [5, 5.41) is 10.9. The highest BCUT2D eigenvalue weighted by Gasteiger charge is 2.45. The van der Waals surface area contributed by atoms with E-state index >= 15 is 0 Å². The first-order chi connectivity index (χ1) is 14.0. The fraction of sp³-hybridized carbons (Fsp3) is 0.273. The molecule has 3 rings (SSSR count). The standard InChI is InChI=1S/C22H22FNO5/c1-3-29-17-10-6-15(7-11-17)20(25)18-19(14-4-8-16(23)9-5-14)24(12-13-28-2)22(27)21(18)26/h4-11,19,25H,3,12-13H2,1-2H3/t19-/m1/s1.